The van der Waals surface area contributed by atoms with E-state index in [-0.39, 0.29) is 5.97 Å². The molecule has 6 nitrogen and oxygen atoms in total. The van der Waals surface area contributed by atoms with Gasteiger partial charge in [0.05, 0.1) is 40.5 Å². The second-order valence-electron chi connectivity index (χ2n) is 7.88. The van der Waals surface area contributed by atoms with Crippen molar-refractivity contribution in [2.24, 2.45) is 0 Å². The summed E-state index contributed by atoms with van der Waals surface area (Å²) < 4.78 is 14.0. The molecule has 7 heteroatoms. The van der Waals surface area contributed by atoms with E-state index in [0.29, 0.717) is 19.8 Å². The fraction of sp³-hybridized carbons (Fsp3) is 0.435. The second-order valence-corrected chi connectivity index (χ2v) is 8.97. The van der Waals surface area contributed by atoms with Gasteiger partial charge in [0.1, 0.15) is 14.1 Å². The number of carbonyl (C=O) groups excluding carboxylic acids is 1. The Bertz CT molecular complexity index is 1150. The largest absolute Gasteiger partial charge is 0.464 e. The number of aryl methyl sites for hydroxylation is 2. The van der Waals surface area contributed by atoms with Crippen molar-refractivity contribution in [3.8, 4) is 10.6 Å². The van der Waals surface area contributed by atoms with Gasteiger partial charge in [-0.15, -0.1) is 11.3 Å². The van der Waals surface area contributed by atoms with Gasteiger partial charge in [-0.05, 0) is 44.0 Å². The summed E-state index contributed by atoms with van der Waals surface area (Å²) >= 11 is 1.77. The number of ether oxygens (including phenoxy) is 2. The highest BCUT2D eigenvalue weighted by atomic mass is 32.1. The molecule has 1 fully saturated rings. The number of benzene rings is 2. The smallest absolute Gasteiger partial charge is 0.337 e. The van der Waals surface area contributed by atoms with E-state index in [1.165, 1.54) is 15.8 Å². The summed E-state index contributed by atoms with van der Waals surface area (Å²) in [4.78, 5) is 20.5. The van der Waals surface area contributed by atoms with E-state index in [9.17, 15) is 4.79 Å². The Kier molecular flexibility index (Phi) is 5.75. The van der Waals surface area contributed by atoms with Crippen molar-refractivity contribution in [2.75, 3.05) is 45.3 Å². The molecule has 158 valence electrons. The van der Waals surface area contributed by atoms with Crippen LogP contribution in [0.15, 0.2) is 24.3 Å². The summed E-state index contributed by atoms with van der Waals surface area (Å²) in [6, 6.07) is 8.73. The molecule has 4 rings (SSSR count). The van der Waals surface area contributed by atoms with E-state index in [0.717, 1.165) is 33.7 Å². The molecule has 30 heavy (non-hydrogen) atoms. The highest BCUT2D eigenvalue weighted by Crippen LogP contribution is 2.35. The molecule has 0 N–H and O–H groups in total. The van der Waals surface area contributed by atoms with Crippen LogP contribution in [0.2, 0.25) is 0 Å². The molecular formula is C23H28N3O3S+. The van der Waals surface area contributed by atoms with Crippen molar-refractivity contribution in [1.82, 2.24) is 9.56 Å². The van der Waals surface area contributed by atoms with Crippen LogP contribution in [0.3, 0.4) is 0 Å². The number of morpholine rings is 1. The number of hydrogen-bond donors (Lipinski definition) is 0. The summed E-state index contributed by atoms with van der Waals surface area (Å²) in [6.45, 7) is 8.15. The number of esters is 1. The standard InChI is InChI=1S/C23H28N3O3S/c1-6-28-23(27)18-13-26(7-8-29-18)17-10-15(3)22-20(12-17)30-19-11-16(25(4)5)9-14(2)21(19)24-22/h9-12,18H,6-8,13H2,1-5H3/q+1. The lowest BCUT2D eigenvalue weighted by Crippen LogP contribution is -2.46. The van der Waals surface area contributed by atoms with Gasteiger partial charge in [-0.3, -0.25) is 0 Å². The summed E-state index contributed by atoms with van der Waals surface area (Å²) in [6.07, 6.45) is -0.543. The molecule has 1 saturated heterocycles. The minimum absolute atomic E-state index is 0.290. The van der Waals surface area contributed by atoms with E-state index >= 15 is 0 Å². The molecule has 0 saturated carbocycles. The predicted octanol–water partition coefficient (Wildman–Crippen LogP) is 2.82. The van der Waals surface area contributed by atoms with E-state index in [4.69, 9.17) is 14.5 Å². The summed E-state index contributed by atoms with van der Waals surface area (Å²) in [5.74, 6) is -0.290. The topological polar surface area (TPSA) is 54.7 Å². The van der Waals surface area contributed by atoms with Crippen LogP contribution in [0, 0.1) is 13.8 Å². The summed E-state index contributed by atoms with van der Waals surface area (Å²) in [5, 5.41) is 1.18. The number of hydrogen-bond acceptors (Lipinski definition) is 6. The first-order valence-corrected chi connectivity index (χ1v) is 11.1. The molecule has 0 radical (unpaired) electrons. The fourth-order valence-corrected chi connectivity index (χ4v) is 5.04. The van der Waals surface area contributed by atoms with Crippen molar-refractivity contribution < 1.29 is 14.3 Å². The number of fused-ring (bicyclic) bond motifs is 2. The lowest BCUT2D eigenvalue weighted by molar-refractivity contribution is -0.157. The molecule has 1 unspecified atom stereocenters. The van der Waals surface area contributed by atoms with Crippen LogP contribution in [0.25, 0.3) is 20.8 Å². The van der Waals surface area contributed by atoms with Crippen LogP contribution >= 0.6 is 11.3 Å². The first-order valence-electron chi connectivity index (χ1n) is 10.3. The maximum atomic E-state index is 12.1. The Balaban J connectivity index is 1.77. The molecule has 1 atom stereocenters. The van der Waals surface area contributed by atoms with Crippen LogP contribution < -0.4 is 14.8 Å². The Morgan fingerprint density at radius 1 is 1.27 bits per heavy atom. The first kappa shape index (κ1) is 20.8. The average Bonchev–Trinajstić information content (AvgIpc) is 2.72. The third-order valence-electron chi connectivity index (χ3n) is 5.44. The van der Waals surface area contributed by atoms with Gasteiger partial charge in [0, 0.05) is 24.4 Å². The van der Waals surface area contributed by atoms with Crippen molar-refractivity contribution in [3.63, 3.8) is 0 Å². The number of aromatic nitrogens is 1. The maximum absolute atomic E-state index is 12.1. The fourth-order valence-electron chi connectivity index (χ4n) is 3.83. The monoisotopic (exact) mass is 426 g/mol. The van der Waals surface area contributed by atoms with Gasteiger partial charge in [0.15, 0.2) is 6.10 Å². The Morgan fingerprint density at radius 2 is 2.07 bits per heavy atom. The minimum atomic E-state index is -0.543. The second kappa shape index (κ2) is 8.32. The molecule has 0 spiro atoms. The molecule has 0 aromatic heterocycles. The highest BCUT2D eigenvalue weighted by molar-refractivity contribution is 7.21. The SMILES string of the molecule is CCOC(=O)C1CN(c2cc(C)c3nc4c(C)cc(=[N+](C)C)cc-4sc3c2)CCO1. The van der Waals surface area contributed by atoms with Gasteiger partial charge in [0.25, 0.3) is 0 Å². The van der Waals surface area contributed by atoms with E-state index in [2.05, 4.69) is 61.7 Å². The Hall–Kier alpha value is -2.51. The lowest BCUT2D eigenvalue weighted by Gasteiger charge is -2.33. The Morgan fingerprint density at radius 3 is 2.80 bits per heavy atom. The normalized spacial score (nSPS) is 16.8. The van der Waals surface area contributed by atoms with Gasteiger partial charge >= 0.3 is 5.97 Å². The van der Waals surface area contributed by atoms with Gasteiger partial charge in [-0.25, -0.2) is 14.4 Å². The zero-order valence-electron chi connectivity index (χ0n) is 18.2. The molecule has 2 aliphatic heterocycles. The van der Waals surface area contributed by atoms with Crippen molar-refractivity contribution in [3.05, 3.63) is 40.7 Å². The van der Waals surface area contributed by atoms with Gasteiger partial charge < -0.3 is 14.4 Å². The molecule has 1 aromatic carbocycles. The number of carbonyl (C=O) groups is 1. The zero-order valence-corrected chi connectivity index (χ0v) is 19.0. The number of rotatable bonds is 3. The van der Waals surface area contributed by atoms with E-state index < -0.39 is 6.10 Å². The van der Waals surface area contributed by atoms with Gasteiger partial charge in [-0.1, -0.05) is 0 Å². The van der Waals surface area contributed by atoms with Crippen LogP contribution in [0.5, 0.6) is 0 Å². The van der Waals surface area contributed by atoms with Crippen LogP contribution in [-0.2, 0) is 14.3 Å². The van der Waals surface area contributed by atoms with Gasteiger partial charge in [0.2, 0.25) is 5.36 Å². The summed E-state index contributed by atoms with van der Waals surface area (Å²) in [7, 11) is 4.11. The molecule has 1 aromatic rings. The molecule has 2 heterocycles. The minimum Gasteiger partial charge on any atom is -0.464 e. The Labute approximate surface area is 180 Å². The number of anilines is 1. The number of nitrogens with zero attached hydrogens (tertiary/aromatic N) is 3. The predicted molar refractivity (Wildman–Crippen MR) is 121 cm³/mol. The maximum Gasteiger partial charge on any atom is 0.337 e. The summed E-state index contributed by atoms with van der Waals surface area (Å²) in [5.41, 5.74) is 5.50. The van der Waals surface area contributed by atoms with Crippen molar-refractivity contribution >= 4 is 33.2 Å². The van der Waals surface area contributed by atoms with Crippen LogP contribution in [0.4, 0.5) is 5.69 Å². The third-order valence-corrected chi connectivity index (χ3v) is 6.50. The molecule has 0 amide bonds. The highest BCUT2D eigenvalue weighted by Gasteiger charge is 2.28. The molecular weight excluding hydrogens is 398 g/mol. The quantitative estimate of drug-likeness (QED) is 0.366. The lowest BCUT2D eigenvalue weighted by atomic mass is 10.1. The zero-order chi connectivity index (χ0) is 21.4. The first-order chi connectivity index (χ1) is 14.4. The van der Waals surface area contributed by atoms with Gasteiger partial charge in [-0.2, -0.15) is 0 Å². The van der Waals surface area contributed by atoms with E-state index in [1.54, 1.807) is 11.3 Å². The third kappa shape index (κ3) is 3.91. The van der Waals surface area contributed by atoms with Crippen molar-refractivity contribution in [1.29, 1.82) is 0 Å². The van der Waals surface area contributed by atoms with E-state index in [1.807, 2.05) is 6.92 Å². The van der Waals surface area contributed by atoms with Crippen molar-refractivity contribution in [2.45, 2.75) is 26.9 Å². The van der Waals surface area contributed by atoms with Crippen LogP contribution in [-0.4, -0.2) is 57.5 Å². The molecule has 3 aliphatic rings. The molecule has 0 bridgehead atoms. The average molecular weight is 427 g/mol. The molecule has 1 aliphatic carbocycles. The van der Waals surface area contributed by atoms with Crippen LogP contribution in [0.1, 0.15) is 18.1 Å².